The summed E-state index contributed by atoms with van der Waals surface area (Å²) in [5.74, 6) is 0. The number of nitrogens with zero attached hydrogens (tertiary/aromatic N) is 1. The Kier molecular flexibility index (Phi) is 3.18. The van der Waals surface area contributed by atoms with Crippen molar-refractivity contribution in [3.05, 3.63) is 34.9 Å². The molecule has 1 aromatic heterocycles. The Morgan fingerprint density at radius 1 is 1.29 bits per heavy atom. The van der Waals surface area contributed by atoms with E-state index in [4.69, 9.17) is 5.73 Å². The second-order valence-electron chi connectivity index (χ2n) is 3.69. The van der Waals surface area contributed by atoms with Crippen molar-refractivity contribution in [1.29, 1.82) is 0 Å². The number of aromatic nitrogens is 1. The van der Waals surface area contributed by atoms with E-state index in [1.165, 1.54) is 10.8 Å². The molecule has 0 saturated carbocycles. The molecule has 1 aromatic carbocycles. The summed E-state index contributed by atoms with van der Waals surface area (Å²) in [5.41, 5.74) is 5.76. The highest BCUT2D eigenvalue weighted by Gasteiger charge is 2.40. The van der Waals surface area contributed by atoms with E-state index in [1.54, 1.807) is 24.3 Å². The van der Waals surface area contributed by atoms with E-state index in [1.807, 2.05) is 0 Å². The van der Waals surface area contributed by atoms with Gasteiger partial charge in [-0.2, -0.15) is 13.2 Å². The smallest absolute Gasteiger partial charge is 0.333 e. The van der Waals surface area contributed by atoms with Crippen LogP contribution in [0.15, 0.2) is 34.9 Å². The fourth-order valence-electron chi connectivity index (χ4n) is 1.82. The van der Waals surface area contributed by atoms with Crippen LogP contribution in [0.1, 0.15) is 6.04 Å². The van der Waals surface area contributed by atoms with Crippen LogP contribution in [0.2, 0.25) is 0 Å². The summed E-state index contributed by atoms with van der Waals surface area (Å²) >= 11 is 3.25. The number of fused-ring (bicyclic) bond motifs is 1. The van der Waals surface area contributed by atoms with Gasteiger partial charge in [-0.3, -0.25) is 0 Å². The average molecular weight is 307 g/mol. The largest absolute Gasteiger partial charge is 0.410 e. The molecule has 0 aliphatic heterocycles. The third-order valence-electron chi connectivity index (χ3n) is 2.63. The zero-order valence-electron chi connectivity index (χ0n) is 8.71. The highest BCUT2D eigenvalue weighted by molar-refractivity contribution is 9.10. The van der Waals surface area contributed by atoms with E-state index in [-0.39, 0.29) is 0 Å². The predicted molar refractivity (Wildman–Crippen MR) is 63.8 cm³/mol. The van der Waals surface area contributed by atoms with Gasteiger partial charge >= 0.3 is 6.18 Å². The monoisotopic (exact) mass is 306 g/mol. The summed E-state index contributed by atoms with van der Waals surface area (Å²) in [5, 5.41) is 0.746. The molecule has 0 aliphatic rings. The van der Waals surface area contributed by atoms with Gasteiger partial charge in [-0.1, -0.05) is 18.2 Å². The normalized spacial score (nSPS) is 14.2. The van der Waals surface area contributed by atoms with Crippen molar-refractivity contribution in [2.24, 2.45) is 5.73 Å². The van der Waals surface area contributed by atoms with Gasteiger partial charge in [-0.05, 0) is 22.0 Å². The van der Waals surface area contributed by atoms with Crippen molar-refractivity contribution in [2.45, 2.75) is 12.2 Å². The Hall–Kier alpha value is -1.01. The number of hydrogen-bond donors (Lipinski definition) is 1. The van der Waals surface area contributed by atoms with Crippen LogP contribution < -0.4 is 5.73 Å². The summed E-state index contributed by atoms with van der Waals surface area (Å²) in [4.78, 5) is 0. The quantitative estimate of drug-likeness (QED) is 0.905. The summed E-state index contributed by atoms with van der Waals surface area (Å²) < 4.78 is 40.3. The molecule has 2 N–H and O–H groups in total. The maximum atomic E-state index is 12.8. The van der Waals surface area contributed by atoms with E-state index in [9.17, 15) is 13.2 Å². The number of alkyl halides is 3. The molecule has 2 rings (SSSR count). The molecule has 0 aliphatic carbocycles. The number of benzene rings is 1. The molecule has 0 bridgehead atoms. The van der Waals surface area contributed by atoms with Crippen LogP contribution in [0.3, 0.4) is 0 Å². The molecule has 1 unspecified atom stereocenters. The van der Waals surface area contributed by atoms with Crippen LogP contribution in [0, 0.1) is 0 Å². The molecule has 0 radical (unpaired) electrons. The van der Waals surface area contributed by atoms with E-state index < -0.39 is 18.8 Å². The van der Waals surface area contributed by atoms with Gasteiger partial charge in [-0.25, -0.2) is 0 Å². The predicted octanol–water partition coefficient (Wildman–Crippen LogP) is 3.47. The maximum absolute atomic E-state index is 12.8. The summed E-state index contributed by atoms with van der Waals surface area (Å²) in [6, 6.07) is 5.20. The van der Waals surface area contributed by atoms with Gasteiger partial charge in [0.25, 0.3) is 0 Å². The van der Waals surface area contributed by atoms with E-state index in [0.29, 0.717) is 9.99 Å². The van der Waals surface area contributed by atoms with Gasteiger partial charge in [0, 0.05) is 28.1 Å². The molecule has 0 amide bonds. The lowest BCUT2D eigenvalue weighted by molar-refractivity contribution is -0.164. The molecule has 0 spiro atoms. The van der Waals surface area contributed by atoms with Crippen LogP contribution in [-0.2, 0) is 0 Å². The topological polar surface area (TPSA) is 30.9 Å². The standard InChI is InChI=1S/C11H10BrF3N2/c12-8-6-17(10(5-16)11(13,14)15)9-4-2-1-3-7(8)9/h1-4,6,10H,5,16H2. The molecular formula is C11H10BrF3N2. The lowest BCUT2D eigenvalue weighted by Gasteiger charge is -2.21. The SMILES string of the molecule is NCC(n1cc(Br)c2ccccc21)C(F)(F)F. The fraction of sp³-hybridized carbons (Fsp3) is 0.273. The van der Waals surface area contributed by atoms with Crippen molar-refractivity contribution in [1.82, 2.24) is 4.57 Å². The lowest BCUT2D eigenvalue weighted by Crippen LogP contribution is -2.32. The van der Waals surface area contributed by atoms with Crippen molar-refractivity contribution in [3.8, 4) is 0 Å². The van der Waals surface area contributed by atoms with Gasteiger partial charge in [0.2, 0.25) is 0 Å². The van der Waals surface area contributed by atoms with Crippen LogP contribution in [0.5, 0.6) is 0 Å². The Morgan fingerprint density at radius 3 is 2.53 bits per heavy atom. The number of para-hydroxylation sites is 1. The number of rotatable bonds is 2. The minimum absolute atomic E-state index is 0.478. The first kappa shape index (κ1) is 12.4. The third-order valence-corrected chi connectivity index (χ3v) is 3.26. The average Bonchev–Trinajstić information content (AvgIpc) is 2.56. The van der Waals surface area contributed by atoms with Crippen LogP contribution in [-0.4, -0.2) is 17.3 Å². The third kappa shape index (κ3) is 2.19. The fourth-order valence-corrected chi connectivity index (χ4v) is 2.38. The molecule has 2 nitrogen and oxygen atoms in total. The van der Waals surface area contributed by atoms with Crippen molar-refractivity contribution in [3.63, 3.8) is 0 Å². The summed E-state index contributed by atoms with van der Waals surface area (Å²) in [6.45, 7) is -0.478. The minimum atomic E-state index is -4.35. The highest BCUT2D eigenvalue weighted by atomic mass is 79.9. The van der Waals surface area contributed by atoms with E-state index in [2.05, 4.69) is 15.9 Å². The zero-order valence-corrected chi connectivity index (χ0v) is 10.3. The van der Waals surface area contributed by atoms with Gasteiger partial charge < -0.3 is 10.3 Å². The highest BCUT2D eigenvalue weighted by Crippen LogP contribution is 2.35. The second-order valence-corrected chi connectivity index (χ2v) is 4.55. The van der Waals surface area contributed by atoms with Crippen molar-refractivity contribution in [2.75, 3.05) is 6.54 Å². The lowest BCUT2D eigenvalue weighted by atomic mass is 10.2. The molecular weight excluding hydrogens is 297 g/mol. The van der Waals surface area contributed by atoms with E-state index >= 15 is 0 Å². The Bertz CT molecular complexity index is 533. The molecule has 1 heterocycles. The van der Waals surface area contributed by atoms with Crippen molar-refractivity contribution >= 4 is 26.8 Å². The Balaban J connectivity index is 2.62. The van der Waals surface area contributed by atoms with Gasteiger partial charge in [-0.15, -0.1) is 0 Å². The number of hydrogen-bond acceptors (Lipinski definition) is 1. The second kappa shape index (κ2) is 4.34. The first-order valence-corrected chi connectivity index (χ1v) is 5.76. The maximum Gasteiger partial charge on any atom is 0.410 e. The van der Waals surface area contributed by atoms with Crippen molar-refractivity contribution < 1.29 is 13.2 Å². The van der Waals surface area contributed by atoms with Gasteiger partial charge in [0.15, 0.2) is 0 Å². The van der Waals surface area contributed by atoms with Gasteiger partial charge in [0.05, 0.1) is 0 Å². The first-order chi connectivity index (χ1) is 7.95. The number of halogens is 4. The molecule has 92 valence electrons. The zero-order chi connectivity index (χ0) is 12.6. The summed E-state index contributed by atoms with van der Waals surface area (Å²) in [6.07, 6.45) is -2.92. The molecule has 0 fully saturated rings. The Morgan fingerprint density at radius 2 is 1.94 bits per heavy atom. The molecule has 17 heavy (non-hydrogen) atoms. The molecule has 2 aromatic rings. The number of nitrogens with two attached hydrogens (primary N) is 1. The van der Waals surface area contributed by atoms with Crippen LogP contribution >= 0.6 is 15.9 Å². The van der Waals surface area contributed by atoms with Crippen LogP contribution in [0.25, 0.3) is 10.9 Å². The first-order valence-electron chi connectivity index (χ1n) is 4.97. The molecule has 6 heteroatoms. The van der Waals surface area contributed by atoms with E-state index in [0.717, 1.165) is 5.39 Å². The van der Waals surface area contributed by atoms with Gasteiger partial charge in [0.1, 0.15) is 6.04 Å². The Labute approximate surface area is 104 Å². The molecule has 1 atom stereocenters. The minimum Gasteiger partial charge on any atom is -0.333 e. The summed E-state index contributed by atoms with van der Waals surface area (Å²) in [7, 11) is 0. The molecule has 0 saturated heterocycles. The van der Waals surface area contributed by atoms with Crippen LogP contribution in [0.4, 0.5) is 13.2 Å².